The SMILES string of the molecule is COC(=O)CCCOC(=O)c1ccc(N)cc1F. The lowest BCUT2D eigenvalue weighted by Crippen LogP contribution is -2.10. The molecule has 5 nitrogen and oxygen atoms in total. The van der Waals surface area contributed by atoms with Crippen LogP contribution in [0.2, 0.25) is 0 Å². The molecule has 0 saturated heterocycles. The summed E-state index contributed by atoms with van der Waals surface area (Å²) >= 11 is 0. The highest BCUT2D eigenvalue weighted by atomic mass is 19.1. The van der Waals surface area contributed by atoms with Crippen LogP contribution in [0, 0.1) is 5.82 Å². The fourth-order valence-electron chi connectivity index (χ4n) is 1.26. The Bertz CT molecular complexity index is 448. The molecular formula is C12H14FNO4. The Morgan fingerprint density at radius 3 is 2.72 bits per heavy atom. The fraction of sp³-hybridized carbons (Fsp3) is 0.333. The molecule has 2 N–H and O–H groups in total. The van der Waals surface area contributed by atoms with Crippen LogP contribution in [0.5, 0.6) is 0 Å². The number of methoxy groups -OCH3 is 1. The fourth-order valence-corrected chi connectivity index (χ4v) is 1.26. The van der Waals surface area contributed by atoms with Crippen molar-refractivity contribution in [3.05, 3.63) is 29.6 Å². The second kappa shape index (κ2) is 6.58. The third-order valence-corrected chi connectivity index (χ3v) is 2.20. The maximum Gasteiger partial charge on any atom is 0.341 e. The topological polar surface area (TPSA) is 78.6 Å². The van der Waals surface area contributed by atoms with Gasteiger partial charge < -0.3 is 15.2 Å². The van der Waals surface area contributed by atoms with Crippen molar-refractivity contribution in [1.82, 2.24) is 0 Å². The molecule has 98 valence electrons. The van der Waals surface area contributed by atoms with Crippen LogP contribution in [0.3, 0.4) is 0 Å². The van der Waals surface area contributed by atoms with Crippen molar-refractivity contribution in [3.63, 3.8) is 0 Å². The number of esters is 2. The number of hydrogen-bond acceptors (Lipinski definition) is 5. The summed E-state index contributed by atoms with van der Waals surface area (Å²) in [4.78, 5) is 22.3. The van der Waals surface area contributed by atoms with Crippen LogP contribution < -0.4 is 5.73 Å². The summed E-state index contributed by atoms with van der Waals surface area (Å²) in [6.07, 6.45) is 0.475. The van der Waals surface area contributed by atoms with E-state index < -0.39 is 11.8 Å². The Hall–Kier alpha value is -2.11. The molecule has 0 fully saturated rings. The number of carbonyl (C=O) groups is 2. The van der Waals surface area contributed by atoms with E-state index in [4.69, 9.17) is 10.5 Å². The second-order valence-corrected chi connectivity index (χ2v) is 3.55. The zero-order valence-electron chi connectivity index (χ0n) is 9.94. The molecule has 0 spiro atoms. The first-order chi connectivity index (χ1) is 8.54. The summed E-state index contributed by atoms with van der Waals surface area (Å²) in [6, 6.07) is 3.71. The molecule has 0 bridgehead atoms. The van der Waals surface area contributed by atoms with Gasteiger partial charge in [0.25, 0.3) is 0 Å². The minimum Gasteiger partial charge on any atom is -0.469 e. The van der Waals surface area contributed by atoms with Crippen molar-refractivity contribution in [1.29, 1.82) is 0 Å². The summed E-state index contributed by atoms with van der Waals surface area (Å²) in [6.45, 7) is 0.0255. The molecule has 6 heteroatoms. The molecule has 18 heavy (non-hydrogen) atoms. The van der Waals surface area contributed by atoms with Crippen LogP contribution in [0.1, 0.15) is 23.2 Å². The van der Waals surface area contributed by atoms with E-state index in [2.05, 4.69) is 4.74 Å². The molecule has 0 amide bonds. The lowest BCUT2D eigenvalue weighted by molar-refractivity contribution is -0.140. The first-order valence-electron chi connectivity index (χ1n) is 5.33. The monoisotopic (exact) mass is 255 g/mol. The molecule has 0 aliphatic heterocycles. The molecule has 0 heterocycles. The zero-order chi connectivity index (χ0) is 13.5. The predicted molar refractivity (Wildman–Crippen MR) is 62.3 cm³/mol. The zero-order valence-corrected chi connectivity index (χ0v) is 9.94. The average molecular weight is 255 g/mol. The van der Waals surface area contributed by atoms with Gasteiger partial charge in [0, 0.05) is 12.1 Å². The molecule has 0 unspecified atom stereocenters. The molecule has 0 atom stereocenters. The number of anilines is 1. The van der Waals surface area contributed by atoms with Gasteiger partial charge in [-0.05, 0) is 24.6 Å². The quantitative estimate of drug-likeness (QED) is 0.490. The van der Waals surface area contributed by atoms with Crippen LogP contribution >= 0.6 is 0 Å². The van der Waals surface area contributed by atoms with Gasteiger partial charge in [-0.25, -0.2) is 9.18 Å². The summed E-state index contributed by atoms with van der Waals surface area (Å²) in [5.41, 5.74) is 5.41. The third-order valence-electron chi connectivity index (χ3n) is 2.20. The van der Waals surface area contributed by atoms with Crippen molar-refractivity contribution in [2.24, 2.45) is 0 Å². The van der Waals surface area contributed by atoms with Gasteiger partial charge in [-0.2, -0.15) is 0 Å². The van der Waals surface area contributed by atoms with E-state index in [1.807, 2.05) is 0 Å². The number of nitrogen functional groups attached to an aromatic ring is 1. The average Bonchev–Trinajstić information content (AvgIpc) is 2.34. The highest BCUT2D eigenvalue weighted by Gasteiger charge is 2.13. The van der Waals surface area contributed by atoms with Crippen molar-refractivity contribution in [2.75, 3.05) is 19.5 Å². The largest absolute Gasteiger partial charge is 0.469 e. The number of carbonyl (C=O) groups excluding carboxylic acids is 2. The van der Waals surface area contributed by atoms with Crippen LogP contribution in [-0.4, -0.2) is 25.7 Å². The predicted octanol–water partition coefficient (Wildman–Crippen LogP) is 1.52. The van der Waals surface area contributed by atoms with Crippen LogP contribution in [0.4, 0.5) is 10.1 Å². The number of nitrogens with two attached hydrogens (primary N) is 1. The number of hydrogen-bond donors (Lipinski definition) is 1. The molecule has 0 radical (unpaired) electrons. The number of rotatable bonds is 5. The normalized spacial score (nSPS) is 9.89. The smallest absolute Gasteiger partial charge is 0.341 e. The number of benzene rings is 1. The van der Waals surface area contributed by atoms with Crippen LogP contribution in [0.25, 0.3) is 0 Å². The Morgan fingerprint density at radius 2 is 2.11 bits per heavy atom. The molecule has 0 aromatic heterocycles. The van der Waals surface area contributed by atoms with Crippen molar-refractivity contribution in [2.45, 2.75) is 12.8 Å². The standard InChI is InChI=1S/C12H14FNO4/c1-17-11(15)3-2-6-18-12(16)9-5-4-8(14)7-10(9)13/h4-5,7H,2-3,6,14H2,1H3. The molecule has 1 rings (SSSR count). The van der Waals surface area contributed by atoms with Crippen molar-refractivity contribution in [3.8, 4) is 0 Å². The minimum atomic E-state index is -0.780. The molecule has 0 saturated carbocycles. The van der Waals surface area contributed by atoms with Crippen LogP contribution in [-0.2, 0) is 14.3 Å². The summed E-state index contributed by atoms with van der Waals surface area (Å²) in [5, 5.41) is 0. The van der Waals surface area contributed by atoms with Crippen molar-refractivity contribution < 1.29 is 23.5 Å². The molecule has 0 aliphatic carbocycles. The van der Waals surface area contributed by atoms with Gasteiger partial charge in [-0.1, -0.05) is 0 Å². The van der Waals surface area contributed by atoms with E-state index in [1.165, 1.54) is 19.2 Å². The Labute approximate surface area is 104 Å². The second-order valence-electron chi connectivity index (χ2n) is 3.55. The molecule has 0 aliphatic rings. The third kappa shape index (κ3) is 4.04. The molecule has 1 aromatic rings. The Balaban J connectivity index is 2.43. The highest BCUT2D eigenvalue weighted by Crippen LogP contribution is 2.13. The minimum absolute atomic E-state index is 0.0255. The summed E-state index contributed by atoms with van der Waals surface area (Å²) in [5.74, 6) is -1.89. The maximum atomic E-state index is 13.3. The van der Waals surface area contributed by atoms with Crippen molar-refractivity contribution >= 4 is 17.6 Å². The van der Waals surface area contributed by atoms with E-state index in [0.29, 0.717) is 6.42 Å². The summed E-state index contributed by atoms with van der Waals surface area (Å²) in [7, 11) is 1.28. The van der Waals surface area contributed by atoms with Gasteiger partial charge >= 0.3 is 11.9 Å². The van der Waals surface area contributed by atoms with E-state index in [1.54, 1.807) is 0 Å². The van der Waals surface area contributed by atoms with Crippen LogP contribution in [0.15, 0.2) is 18.2 Å². The maximum absolute atomic E-state index is 13.3. The number of halogens is 1. The number of ether oxygens (including phenoxy) is 2. The van der Waals surface area contributed by atoms with Gasteiger partial charge in [-0.3, -0.25) is 4.79 Å². The van der Waals surface area contributed by atoms with Gasteiger partial charge in [0.1, 0.15) is 5.82 Å². The molecule has 1 aromatic carbocycles. The molecular weight excluding hydrogens is 241 g/mol. The van der Waals surface area contributed by atoms with Gasteiger partial charge in [-0.15, -0.1) is 0 Å². The lowest BCUT2D eigenvalue weighted by atomic mass is 10.2. The highest BCUT2D eigenvalue weighted by molar-refractivity contribution is 5.90. The Morgan fingerprint density at radius 1 is 1.39 bits per heavy atom. The van der Waals surface area contributed by atoms with Gasteiger partial charge in [0.15, 0.2) is 0 Å². The lowest BCUT2D eigenvalue weighted by Gasteiger charge is -2.05. The first-order valence-corrected chi connectivity index (χ1v) is 5.33. The summed E-state index contributed by atoms with van der Waals surface area (Å²) < 4.78 is 22.6. The van der Waals surface area contributed by atoms with E-state index in [0.717, 1.165) is 6.07 Å². The van der Waals surface area contributed by atoms with E-state index in [-0.39, 0.29) is 30.2 Å². The van der Waals surface area contributed by atoms with E-state index >= 15 is 0 Å². The van der Waals surface area contributed by atoms with Gasteiger partial charge in [0.2, 0.25) is 0 Å². The first kappa shape index (κ1) is 14.0. The van der Waals surface area contributed by atoms with Gasteiger partial charge in [0.05, 0.1) is 19.3 Å². The Kier molecular flexibility index (Phi) is 5.10. The van der Waals surface area contributed by atoms with E-state index in [9.17, 15) is 14.0 Å².